The maximum absolute atomic E-state index is 10.9. The van der Waals surface area contributed by atoms with Gasteiger partial charge in [0.25, 0.3) is 0 Å². The third kappa shape index (κ3) is 1.80. The SMILES string of the molecule is CCCc1sc(C2CC2)nc1C(=O)O. The largest absolute Gasteiger partial charge is 0.476 e. The number of nitrogens with zero attached hydrogens (tertiary/aromatic N) is 1. The average molecular weight is 211 g/mol. The molecule has 1 aromatic heterocycles. The number of thiazole rings is 1. The molecule has 0 atom stereocenters. The van der Waals surface area contributed by atoms with Crippen molar-refractivity contribution in [3.63, 3.8) is 0 Å². The van der Waals surface area contributed by atoms with Crippen LogP contribution in [0.2, 0.25) is 0 Å². The van der Waals surface area contributed by atoms with Crippen molar-refractivity contribution in [3.8, 4) is 0 Å². The molecule has 76 valence electrons. The Balaban J connectivity index is 2.29. The van der Waals surface area contributed by atoms with Gasteiger partial charge in [0, 0.05) is 10.8 Å². The molecule has 0 spiro atoms. The third-order valence-corrected chi connectivity index (χ3v) is 3.60. The summed E-state index contributed by atoms with van der Waals surface area (Å²) in [5.74, 6) is -0.319. The van der Waals surface area contributed by atoms with Crippen molar-refractivity contribution >= 4 is 17.3 Å². The lowest BCUT2D eigenvalue weighted by atomic mass is 10.2. The topological polar surface area (TPSA) is 50.2 Å². The zero-order valence-electron chi connectivity index (χ0n) is 8.12. The number of hydrogen-bond acceptors (Lipinski definition) is 3. The molecular formula is C10H13NO2S. The van der Waals surface area contributed by atoms with Gasteiger partial charge in [0.05, 0.1) is 5.01 Å². The van der Waals surface area contributed by atoms with E-state index >= 15 is 0 Å². The molecule has 0 amide bonds. The highest BCUT2D eigenvalue weighted by molar-refractivity contribution is 7.12. The first-order valence-corrected chi connectivity index (χ1v) is 5.77. The maximum atomic E-state index is 10.9. The summed E-state index contributed by atoms with van der Waals surface area (Å²) < 4.78 is 0. The minimum absolute atomic E-state index is 0.291. The number of rotatable bonds is 4. The Bertz CT molecular complexity index is 355. The normalized spacial score (nSPS) is 15.8. The molecule has 1 aliphatic carbocycles. The highest BCUT2D eigenvalue weighted by Crippen LogP contribution is 2.42. The molecule has 1 heterocycles. The van der Waals surface area contributed by atoms with Crippen LogP contribution in [-0.4, -0.2) is 16.1 Å². The lowest BCUT2D eigenvalue weighted by molar-refractivity contribution is 0.0690. The van der Waals surface area contributed by atoms with Crippen molar-refractivity contribution in [2.75, 3.05) is 0 Å². The summed E-state index contributed by atoms with van der Waals surface area (Å²) in [4.78, 5) is 16.1. The van der Waals surface area contributed by atoms with Gasteiger partial charge < -0.3 is 5.11 Å². The van der Waals surface area contributed by atoms with Gasteiger partial charge in [0.15, 0.2) is 5.69 Å². The summed E-state index contributed by atoms with van der Waals surface area (Å²) in [5, 5.41) is 9.99. The van der Waals surface area contributed by atoms with Gasteiger partial charge in [-0.1, -0.05) is 13.3 Å². The quantitative estimate of drug-likeness (QED) is 0.833. The second-order valence-corrected chi connectivity index (χ2v) is 4.77. The molecule has 0 aromatic carbocycles. The van der Waals surface area contributed by atoms with Crippen molar-refractivity contribution in [2.24, 2.45) is 0 Å². The van der Waals surface area contributed by atoms with E-state index in [9.17, 15) is 4.79 Å². The van der Waals surface area contributed by atoms with Crippen LogP contribution in [-0.2, 0) is 6.42 Å². The van der Waals surface area contributed by atoms with E-state index in [2.05, 4.69) is 11.9 Å². The Labute approximate surface area is 86.8 Å². The van der Waals surface area contributed by atoms with Gasteiger partial charge in [-0.2, -0.15) is 0 Å². The van der Waals surface area contributed by atoms with Crippen LogP contribution in [0.1, 0.15) is 52.5 Å². The molecule has 0 bridgehead atoms. The lowest BCUT2D eigenvalue weighted by Gasteiger charge is -1.92. The van der Waals surface area contributed by atoms with Crippen molar-refractivity contribution in [3.05, 3.63) is 15.6 Å². The van der Waals surface area contributed by atoms with E-state index in [1.54, 1.807) is 11.3 Å². The van der Waals surface area contributed by atoms with Crippen molar-refractivity contribution in [1.82, 2.24) is 4.98 Å². The highest BCUT2D eigenvalue weighted by Gasteiger charge is 2.29. The Morgan fingerprint density at radius 1 is 1.64 bits per heavy atom. The second kappa shape index (κ2) is 3.69. The Kier molecular flexibility index (Phi) is 2.54. The summed E-state index contributed by atoms with van der Waals surface area (Å²) in [5.41, 5.74) is 0.291. The summed E-state index contributed by atoms with van der Waals surface area (Å²) in [6.45, 7) is 2.06. The lowest BCUT2D eigenvalue weighted by Crippen LogP contribution is -2.00. The smallest absolute Gasteiger partial charge is 0.355 e. The van der Waals surface area contributed by atoms with Gasteiger partial charge in [-0.3, -0.25) is 0 Å². The molecule has 4 heteroatoms. The monoisotopic (exact) mass is 211 g/mol. The molecule has 1 fully saturated rings. The number of carboxylic acids is 1. The Hall–Kier alpha value is -0.900. The van der Waals surface area contributed by atoms with Gasteiger partial charge >= 0.3 is 5.97 Å². The molecule has 1 aromatic rings. The van der Waals surface area contributed by atoms with Crippen LogP contribution in [0.25, 0.3) is 0 Å². The molecule has 0 saturated heterocycles. The molecule has 2 rings (SSSR count). The molecule has 0 unspecified atom stereocenters. The predicted molar refractivity (Wildman–Crippen MR) is 55.0 cm³/mol. The standard InChI is InChI=1S/C10H13NO2S/c1-2-3-7-8(10(12)13)11-9(14-7)6-4-5-6/h6H,2-5H2,1H3,(H,12,13). The van der Waals surface area contributed by atoms with Crippen molar-refractivity contribution in [2.45, 2.75) is 38.5 Å². The molecule has 1 N–H and O–H groups in total. The number of hydrogen-bond donors (Lipinski definition) is 1. The second-order valence-electron chi connectivity index (χ2n) is 3.65. The molecule has 0 aliphatic heterocycles. The van der Waals surface area contributed by atoms with E-state index in [1.807, 2.05) is 0 Å². The average Bonchev–Trinajstić information content (AvgIpc) is 2.89. The summed E-state index contributed by atoms with van der Waals surface area (Å²) >= 11 is 1.59. The minimum atomic E-state index is -0.878. The fourth-order valence-corrected chi connectivity index (χ4v) is 2.77. The fourth-order valence-electron chi connectivity index (χ4n) is 1.44. The molecule has 1 saturated carbocycles. The first kappa shape index (κ1) is 9.65. The van der Waals surface area contributed by atoms with E-state index in [0.717, 1.165) is 22.7 Å². The third-order valence-electron chi connectivity index (χ3n) is 2.32. The van der Waals surface area contributed by atoms with E-state index in [0.29, 0.717) is 11.6 Å². The summed E-state index contributed by atoms with van der Waals surface area (Å²) in [6.07, 6.45) is 4.18. The molecule has 3 nitrogen and oxygen atoms in total. The summed E-state index contributed by atoms with van der Waals surface area (Å²) in [7, 11) is 0. The maximum Gasteiger partial charge on any atom is 0.355 e. The molecule has 0 radical (unpaired) electrons. The Morgan fingerprint density at radius 2 is 2.36 bits per heavy atom. The van der Waals surface area contributed by atoms with Crippen LogP contribution >= 0.6 is 11.3 Å². The minimum Gasteiger partial charge on any atom is -0.476 e. The van der Waals surface area contributed by atoms with Crippen LogP contribution in [0, 0.1) is 0 Å². The number of aromatic carboxylic acids is 1. The van der Waals surface area contributed by atoms with E-state index in [-0.39, 0.29) is 0 Å². The van der Waals surface area contributed by atoms with Crippen LogP contribution in [0.3, 0.4) is 0 Å². The van der Waals surface area contributed by atoms with Crippen molar-refractivity contribution < 1.29 is 9.90 Å². The van der Waals surface area contributed by atoms with Gasteiger partial charge in [0.2, 0.25) is 0 Å². The van der Waals surface area contributed by atoms with Crippen LogP contribution in [0.4, 0.5) is 0 Å². The fraction of sp³-hybridized carbons (Fsp3) is 0.600. The molecule has 14 heavy (non-hydrogen) atoms. The van der Waals surface area contributed by atoms with Gasteiger partial charge in [-0.05, 0) is 19.3 Å². The van der Waals surface area contributed by atoms with Crippen LogP contribution in [0.5, 0.6) is 0 Å². The van der Waals surface area contributed by atoms with Gasteiger partial charge in [-0.25, -0.2) is 9.78 Å². The highest BCUT2D eigenvalue weighted by atomic mass is 32.1. The first-order chi connectivity index (χ1) is 6.72. The molecule has 1 aliphatic rings. The zero-order valence-corrected chi connectivity index (χ0v) is 8.93. The molecular weight excluding hydrogens is 198 g/mol. The number of carbonyl (C=O) groups is 1. The van der Waals surface area contributed by atoms with Crippen LogP contribution in [0.15, 0.2) is 0 Å². The van der Waals surface area contributed by atoms with Gasteiger partial charge in [0.1, 0.15) is 0 Å². The van der Waals surface area contributed by atoms with E-state index in [1.165, 1.54) is 12.8 Å². The first-order valence-electron chi connectivity index (χ1n) is 4.95. The van der Waals surface area contributed by atoms with E-state index < -0.39 is 5.97 Å². The Morgan fingerprint density at radius 3 is 2.86 bits per heavy atom. The number of aromatic nitrogens is 1. The van der Waals surface area contributed by atoms with Crippen LogP contribution < -0.4 is 0 Å². The number of aryl methyl sites for hydroxylation is 1. The number of carboxylic acid groups (broad SMARTS) is 1. The van der Waals surface area contributed by atoms with Gasteiger partial charge in [-0.15, -0.1) is 11.3 Å². The van der Waals surface area contributed by atoms with E-state index in [4.69, 9.17) is 5.11 Å². The summed E-state index contributed by atoms with van der Waals surface area (Å²) in [6, 6.07) is 0. The predicted octanol–water partition coefficient (Wildman–Crippen LogP) is 2.67. The zero-order chi connectivity index (χ0) is 10.1. The van der Waals surface area contributed by atoms with Crippen molar-refractivity contribution in [1.29, 1.82) is 0 Å².